The third-order valence-corrected chi connectivity index (χ3v) is 5.11. The van der Waals surface area contributed by atoms with Crippen LogP contribution in [-0.2, 0) is 11.2 Å². The molecule has 0 radical (unpaired) electrons. The Hall–Kier alpha value is -4.02. The van der Waals surface area contributed by atoms with Crippen LogP contribution in [0.2, 0.25) is 5.02 Å². The van der Waals surface area contributed by atoms with E-state index in [0.717, 1.165) is 5.56 Å². The number of benzene rings is 2. The predicted molar refractivity (Wildman–Crippen MR) is 120 cm³/mol. The highest BCUT2D eigenvalue weighted by Gasteiger charge is 2.17. The van der Waals surface area contributed by atoms with Gasteiger partial charge in [-0.2, -0.15) is 10.2 Å². The van der Waals surface area contributed by atoms with E-state index < -0.39 is 5.92 Å². The van der Waals surface area contributed by atoms with Crippen LogP contribution in [0.1, 0.15) is 29.4 Å². The minimum absolute atomic E-state index is 0.161. The molecule has 0 saturated carbocycles. The van der Waals surface area contributed by atoms with Gasteiger partial charge >= 0.3 is 0 Å². The summed E-state index contributed by atoms with van der Waals surface area (Å²) in [7, 11) is 0. The lowest BCUT2D eigenvalue weighted by molar-refractivity contribution is -0.116. The number of rotatable bonds is 7. The molecular formula is C24H18ClN5O2. The Morgan fingerprint density at radius 3 is 2.66 bits per heavy atom. The summed E-state index contributed by atoms with van der Waals surface area (Å²) in [5.41, 5.74) is 2.70. The maximum atomic E-state index is 12.4. The summed E-state index contributed by atoms with van der Waals surface area (Å²) in [6.07, 6.45) is 2.10. The number of nitriles is 1. The number of nitrogens with one attached hydrogen (secondary N) is 1. The molecule has 0 aliphatic heterocycles. The SMILES string of the molecule is N#CC(c1ccccc1)c1ccc(NC(=O)CCc2nc(-c3ccccn3)no2)cc1Cl. The van der Waals surface area contributed by atoms with Crippen LogP contribution < -0.4 is 5.32 Å². The highest BCUT2D eigenvalue weighted by molar-refractivity contribution is 6.31. The van der Waals surface area contributed by atoms with E-state index in [2.05, 4.69) is 26.5 Å². The van der Waals surface area contributed by atoms with Crippen LogP contribution >= 0.6 is 11.6 Å². The highest BCUT2D eigenvalue weighted by atomic mass is 35.5. The van der Waals surface area contributed by atoms with E-state index in [4.69, 9.17) is 16.1 Å². The Labute approximate surface area is 189 Å². The number of aromatic nitrogens is 3. The van der Waals surface area contributed by atoms with Gasteiger partial charge in [-0.1, -0.05) is 59.2 Å². The number of hydrogen-bond acceptors (Lipinski definition) is 6. The van der Waals surface area contributed by atoms with Crippen LogP contribution in [0.5, 0.6) is 0 Å². The molecule has 0 bridgehead atoms. The molecule has 32 heavy (non-hydrogen) atoms. The number of aryl methyl sites for hydroxylation is 1. The van der Waals surface area contributed by atoms with Crippen molar-refractivity contribution in [2.24, 2.45) is 0 Å². The molecule has 4 aromatic rings. The zero-order valence-electron chi connectivity index (χ0n) is 16.9. The van der Waals surface area contributed by atoms with Crippen LogP contribution in [0, 0.1) is 11.3 Å². The van der Waals surface area contributed by atoms with E-state index in [0.29, 0.717) is 40.1 Å². The lowest BCUT2D eigenvalue weighted by atomic mass is 9.92. The summed E-state index contributed by atoms with van der Waals surface area (Å²) >= 11 is 6.43. The Morgan fingerprint density at radius 1 is 1.12 bits per heavy atom. The molecule has 0 spiro atoms. The second-order valence-corrected chi connectivity index (χ2v) is 7.39. The highest BCUT2D eigenvalue weighted by Crippen LogP contribution is 2.31. The van der Waals surface area contributed by atoms with Gasteiger partial charge in [0.2, 0.25) is 17.6 Å². The number of hydrogen-bond donors (Lipinski definition) is 1. The van der Waals surface area contributed by atoms with Gasteiger partial charge in [-0.3, -0.25) is 9.78 Å². The summed E-state index contributed by atoms with van der Waals surface area (Å²) < 4.78 is 5.20. The molecule has 2 aromatic heterocycles. The summed E-state index contributed by atoms with van der Waals surface area (Å²) in [5, 5.41) is 16.7. The van der Waals surface area contributed by atoms with E-state index in [-0.39, 0.29) is 12.3 Å². The first kappa shape index (κ1) is 21.2. The minimum atomic E-state index is -0.487. The fraction of sp³-hybridized carbons (Fsp3) is 0.125. The summed E-state index contributed by atoms with van der Waals surface area (Å²) in [6, 6.07) is 22.3. The first-order valence-corrected chi connectivity index (χ1v) is 10.3. The monoisotopic (exact) mass is 443 g/mol. The number of anilines is 1. The van der Waals surface area contributed by atoms with Gasteiger partial charge in [0.05, 0.1) is 12.0 Å². The largest absolute Gasteiger partial charge is 0.339 e. The average molecular weight is 444 g/mol. The zero-order chi connectivity index (χ0) is 22.3. The fourth-order valence-corrected chi connectivity index (χ4v) is 3.50. The van der Waals surface area contributed by atoms with E-state index in [9.17, 15) is 10.1 Å². The molecule has 1 N–H and O–H groups in total. The van der Waals surface area contributed by atoms with Crippen molar-refractivity contribution in [1.82, 2.24) is 15.1 Å². The zero-order valence-corrected chi connectivity index (χ0v) is 17.7. The van der Waals surface area contributed by atoms with E-state index in [1.165, 1.54) is 0 Å². The van der Waals surface area contributed by atoms with Crippen LogP contribution in [0.4, 0.5) is 5.69 Å². The molecule has 1 atom stereocenters. The number of amides is 1. The third kappa shape index (κ3) is 4.99. The molecule has 1 amide bonds. The summed E-state index contributed by atoms with van der Waals surface area (Å²) in [6.45, 7) is 0. The van der Waals surface area contributed by atoms with Crippen LogP contribution in [0.15, 0.2) is 77.4 Å². The molecule has 1 unspecified atom stereocenters. The van der Waals surface area contributed by atoms with Crippen LogP contribution in [0.25, 0.3) is 11.5 Å². The molecular weight excluding hydrogens is 426 g/mol. The third-order valence-electron chi connectivity index (χ3n) is 4.79. The second kappa shape index (κ2) is 9.86. The van der Waals surface area contributed by atoms with Gasteiger partial charge in [0, 0.05) is 29.7 Å². The molecule has 0 fully saturated rings. The number of halogens is 1. The first-order chi connectivity index (χ1) is 15.6. The lowest BCUT2D eigenvalue weighted by Gasteiger charge is -2.13. The Kier molecular flexibility index (Phi) is 6.54. The molecule has 4 rings (SSSR count). The van der Waals surface area contributed by atoms with Crippen molar-refractivity contribution < 1.29 is 9.32 Å². The lowest BCUT2D eigenvalue weighted by Crippen LogP contribution is -2.12. The van der Waals surface area contributed by atoms with Gasteiger partial charge in [-0.25, -0.2) is 0 Å². The van der Waals surface area contributed by atoms with Crippen molar-refractivity contribution in [2.45, 2.75) is 18.8 Å². The Bertz CT molecular complexity index is 1250. The topological polar surface area (TPSA) is 105 Å². The number of carbonyl (C=O) groups excluding carboxylic acids is 1. The van der Waals surface area contributed by atoms with Crippen molar-refractivity contribution in [3.05, 3.63) is 95.0 Å². The maximum absolute atomic E-state index is 12.4. The van der Waals surface area contributed by atoms with E-state index >= 15 is 0 Å². The van der Waals surface area contributed by atoms with Crippen LogP contribution in [0.3, 0.4) is 0 Å². The molecule has 2 aromatic carbocycles. The number of pyridine rings is 1. The van der Waals surface area contributed by atoms with Gasteiger partial charge in [-0.15, -0.1) is 0 Å². The standard InChI is InChI=1S/C24H18ClN5O2/c25-20-14-17(9-10-18(20)19(15-26)16-6-2-1-3-7-16)28-22(31)11-12-23-29-24(30-32-23)21-8-4-5-13-27-21/h1-10,13-14,19H,11-12H2,(H,28,31). The van der Waals surface area contributed by atoms with Gasteiger partial charge in [0.25, 0.3) is 0 Å². The van der Waals surface area contributed by atoms with Gasteiger partial charge < -0.3 is 9.84 Å². The normalized spacial score (nSPS) is 11.5. The molecule has 0 saturated heterocycles. The molecule has 8 heteroatoms. The van der Waals surface area contributed by atoms with Crippen molar-refractivity contribution in [3.8, 4) is 17.6 Å². The predicted octanol–water partition coefficient (Wildman–Crippen LogP) is 5.01. The number of nitrogens with zero attached hydrogens (tertiary/aromatic N) is 4. The molecule has 0 aliphatic carbocycles. The van der Waals surface area contributed by atoms with Crippen molar-refractivity contribution in [2.75, 3.05) is 5.32 Å². The smallest absolute Gasteiger partial charge is 0.227 e. The van der Waals surface area contributed by atoms with Gasteiger partial charge in [0.15, 0.2) is 0 Å². The maximum Gasteiger partial charge on any atom is 0.227 e. The molecule has 2 heterocycles. The summed E-state index contributed by atoms with van der Waals surface area (Å²) in [5.74, 6) is 0.0355. The molecule has 0 aliphatic rings. The van der Waals surface area contributed by atoms with Crippen molar-refractivity contribution in [1.29, 1.82) is 5.26 Å². The average Bonchev–Trinajstić information content (AvgIpc) is 3.30. The van der Waals surface area contributed by atoms with E-state index in [1.807, 2.05) is 36.4 Å². The molecule has 7 nitrogen and oxygen atoms in total. The van der Waals surface area contributed by atoms with Gasteiger partial charge in [-0.05, 0) is 35.4 Å². The first-order valence-electron chi connectivity index (χ1n) is 9.92. The van der Waals surface area contributed by atoms with Crippen molar-refractivity contribution >= 4 is 23.2 Å². The minimum Gasteiger partial charge on any atom is -0.339 e. The molecule has 158 valence electrons. The second-order valence-electron chi connectivity index (χ2n) is 6.98. The van der Waals surface area contributed by atoms with E-state index in [1.54, 1.807) is 36.5 Å². The number of carbonyl (C=O) groups is 1. The Balaban J connectivity index is 1.37. The van der Waals surface area contributed by atoms with Crippen LogP contribution in [-0.4, -0.2) is 21.0 Å². The fourth-order valence-electron chi connectivity index (χ4n) is 3.21. The quantitative estimate of drug-likeness (QED) is 0.430. The van der Waals surface area contributed by atoms with Crippen molar-refractivity contribution in [3.63, 3.8) is 0 Å². The Morgan fingerprint density at radius 2 is 1.94 bits per heavy atom. The van der Waals surface area contributed by atoms with Gasteiger partial charge in [0.1, 0.15) is 5.69 Å². The summed E-state index contributed by atoms with van der Waals surface area (Å²) in [4.78, 5) is 20.8.